The minimum Gasteiger partial charge on any atom is -0.354 e. The highest BCUT2D eigenvalue weighted by molar-refractivity contribution is 6.30. The van der Waals surface area contributed by atoms with Crippen molar-refractivity contribution in [1.82, 2.24) is 19.6 Å². The lowest BCUT2D eigenvalue weighted by molar-refractivity contribution is 0.481. The van der Waals surface area contributed by atoms with Crippen LogP contribution in [0.25, 0.3) is 16.9 Å². The molecule has 30 heavy (non-hydrogen) atoms. The third-order valence-corrected chi connectivity index (χ3v) is 5.99. The van der Waals surface area contributed by atoms with Gasteiger partial charge in [-0.1, -0.05) is 36.4 Å². The lowest BCUT2D eigenvalue weighted by atomic mass is 10.0. The van der Waals surface area contributed by atoms with Gasteiger partial charge in [0.1, 0.15) is 17.3 Å². The normalized spacial score (nSPS) is 16.7. The molecule has 0 saturated carbocycles. The fourth-order valence-electron chi connectivity index (χ4n) is 4.04. The molecule has 1 atom stereocenters. The number of piperidine rings is 1. The van der Waals surface area contributed by atoms with Crippen LogP contribution in [0.15, 0.2) is 67.0 Å². The first kappa shape index (κ1) is 18.9. The Bertz CT molecular complexity index is 1160. The molecule has 0 radical (unpaired) electrons. The molecule has 1 fully saturated rings. The maximum absolute atomic E-state index is 6.85. The molecule has 3 aromatic heterocycles. The van der Waals surface area contributed by atoms with Crippen LogP contribution in [-0.2, 0) is 0 Å². The van der Waals surface area contributed by atoms with Gasteiger partial charge in [0.05, 0.1) is 5.69 Å². The molecule has 4 aromatic rings. The first-order valence-electron chi connectivity index (χ1n) is 10.3. The summed E-state index contributed by atoms with van der Waals surface area (Å²) < 4.78 is 3.33. The molecule has 0 amide bonds. The Morgan fingerprint density at radius 3 is 2.77 bits per heavy atom. The van der Waals surface area contributed by atoms with E-state index in [-0.39, 0.29) is 0 Å². The van der Waals surface area contributed by atoms with Crippen molar-refractivity contribution in [2.75, 3.05) is 15.9 Å². The molecular formula is C23H23ClN6. The number of fused-ring (bicyclic) bond motifs is 1. The second-order valence-corrected chi connectivity index (χ2v) is 7.99. The first-order valence-corrected chi connectivity index (χ1v) is 10.6. The van der Waals surface area contributed by atoms with Crippen LogP contribution in [0.4, 0.5) is 17.3 Å². The van der Waals surface area contributed by atoms with Crippen molar-refractivity contribution >= 4 is 34.7 Å². The average Bonchev–Trinajstić information content (AvgIpc) is 3.28. The van der Waals surface area contributed by atoms with E-state index in [1.54, 1.807) is 15.1 Å². The van der Waals surface area contributed by atoms with Gasteiger partial charge in [-0.3, -0.25) is 0 Å². The van der Waals surface area contributed by atoms with E-state index in [1.165, 1.54) is 19.3 Å². The number of hydrogen-bond donors (Lipinski definition) is 0. The number of pyridine rings is 1. The van der Waals surface area contributed by atoms with Gasteiger partial charge in [0, 0.05) is 42.3 Å². The summed E-state index contributed by atoms with van der Waals surface area (Å²) in [4.78, 5) is 11.7. The van der Waals surface area contributed by atoms with Gasteiger partial charge >= 0.3 is 0 Å². The topological polar surface area (TPSA) is 49.6 Å². The predicted octanol–water partition coefficient (Wildman–Crippen LogP) is 5.46. The Kier molecular flexibility index (Phi) is 5.01. The molecule has 0 spiro atoms. The molecule has 1 saturated heterocycles. The van der Waals surface area contributed by atoms with Crippen LogP contribution in [0.5, 0.6) is 0 Å². The van der Waals surface area contributed by atoms with Crippen molar-refractivity contribution in [3.63, 3.8) is 0 Å². The Hall–Kier alpha value is -3.12. The second-order valence-electron chi connectivity index (χ2n) is 7.65. The summed E-state index contributed by atoms with van der Waals surface area (Å²) in [7, 11) is 0. The molecule has 4 heterocycles. The zero-order valence-corrected chi connectivity index (χ0v) is 17.6. The van der Waals surface area contributed by atoms with E-state index in [2.05, 4.69) is 28.0 Å². The number of hydrogen-bond acceptors (Lipinski definition) is 5. The third kappa shape index (κ3) is 3.48. The molecule has 0 N–H and O–H groups in total. The van der Waals surface area contributed by atoms with E-state index in [0.29, 0.717) is 17.5 Å². The number of rotatable bonds is 4. The van der Waals surface area contributed by atoms with Crippen molar-refractivity contribution < 1.29 is 0 Å². The number of anilines is 3. The lowest BCUT2D eigenvalue weighted by Crippen LogP contribution is -2.38. The number of halogens is 1. The van der Waals surface area contributed by atoms with Gasteiger partial charge in [0.2, 0.25) is 0 Å². The molecule has 5 rings (SSSR count). The van der Waals surface area contributed by atoms with Gasteiger partial charge in [-0.2, -0.15) is 5.10 Å². The minimum absolute atomic E-state index is 0.481. The SMILES string of the molecule is CC1CCCCN1c1cccc(N(Cl)c2cc(-c3ccccc3)nn3ccnc23)n1. The molecule has 7 heteroatoms. The Balaban J connectivity index is 1.56. The van der Waals surface area contributed by atoms with Gasteiger partial charge in [0.15, 0.2) is 5.65 Å². The van der Waals surface area contributed by atoms with Crippen LogP contribution in [0.1, 0.15) is 26.2 Å². The molecule has 0 bridgehead atoms. The molecular weight excluding hydrogens is 396 g/mol. The van der Waals surface area contributed by atoms with Crippen LogP contribution in [-0.4, -0.2) is 32.2 Å². The number of nitrogens with zero attached hydrogens (tertiary/aromatic N) is 6. The molecule has 0 aliphatic carbocycles. The summed E-state index contributed by atoms with van der Waals surface area (Å²) in [5.41, 5.74) is 3.26. The molecule has 1 unspecified atom stereocenters. The molecule has 1 aromatic carbocycles. The van der Waals surface area contributed by atoms with Crippen molar-refractivity contribution in [2.24, 2.45) is 0 Å². The number of benzene rings is 1. The van der Waals surface area contributed by atoms with Gasteiger partial charge < -0.3 is 4.90 Å². The van der Waals surface area contributed by atoms with Crippen molar-refractivity contribution in [1.29, 1.82) is 0 Å². The molecule has 152 valence electrons. The first-order chi connectivity index (χ1) is 14.7. The van der Waals surface area contributed by atoms with E-state index in [4.69, 9.17) is 16.8 Å². The van der Waals surface area contributed by atoms with Crippen LogP contribution >= 0.6 is 11.8 Å². The smallest absolute Gasteiger partial charge is 0.178 e. The quantitative estimate of drug-likeness (QED) is 0.412. The highest BCUT2D eigenvalue weighted by atomic mass is 35.5. The van der Waals surface area contributed by atoms with Gasteiger partial charge in [0.25, 0.3) is 0 Å². The zero-order valence-electron chi connectivity index (χ0n) is 16.8. The van der Waals surface area contributed by atoms with Crippen molar-refractivity contribution in [2.45, 2.75) is 32.2 Å². The Labute approximate surface area is 180 Å². The van der Waals surface area contributed by atoms with Crippen molar-refractivity contribution in [3.8, 4) is 11.3 Å². The monoisotopic (exact) mass is 418 g/mol. The minimum atomic E-state index is 0.481. The summed E-state index contributed by atoms with van der Waals surface area (Å²) in [5.74, 6) is 1.63. The van der Waals surface area contributed by atoms with Gasteiger partial charge in [-0.05, 0) is 44.4 Å². The van der Waals surface area contributed by atoms with Crippen LogP contribution < -0.4 is 9.32 Å². The fraction of sp³-hybridized carbons (Fsp3) is 0.261. The van der Waals surface area contributed by atoms with Crippen molar-refractivity contribution in [3.05, 3.63) is 67.0 Å². The Morgan fingerprint density at radius 1 is 1.07 bits per heavy atom. The van der Waals surface area contributed by atoms with Crippen LogP contribution in [0, 0.1) is 0 Å². The summed E-state index contributed by atoms with van der Waals surface area (Å²) in [6, 6.07) is 18.5. The average molecular weight is 419 g/mol. The largest absolute Gasteiger partial charge is 0.354 e. The fourth-order valence-corrected chi connectivity index (χ4v) is 4.26. The molecule has 1 aliphatic heterocycles. The molecule has 1 aliphatic rings. The van der Waals surface area contributed by atoms with E-state index in [1.807, 2.05) is 54.7 Å². The lowest BCUT2D eigenvalue weighted by Gasteiger charge is -2.34. The summed E-state index contributed by atoms with van der Waals surface area (Å²) in [6.45, 7) is 3.28. The summed E-state index contributed by atoms with van der Waals surface area (Å²) >= 11 is 6.85. The summed E-state index contributed by atoms with van der Waals surface area (Å²) in [6.07, 6.45) is 7.21. The van der Waals surface area contributed by atoms with Gasteiger partial charge in [-0.15, -0.1) is 0 Å². The predicted molar refractivity (Wildman–Crippen MR) is 121 cm³/mol. The number of imidazole rings is 1. The zero-order chi connectivity index (χ0) is 20.5. The van der Waals surface area contributed by atoms with Crippen LogP contribution in [0.3, 0.4) is 0 Å². The van der Waals surface area contributed by atoms with E-state index >= 15 is 0 Å². The Morgan fingerprint density at radius 2 is 1.93 bits per heavy atom. The number of aromatic nitrogens is 4. The maximum Gasteiger partial charge on any atom is 0.178 e. The van der Waals surface area contributed by atoms with E-state index in [9.17, 15) is 0 Å². The maximum atomic E-state index is 6.85. The second kappa shape index (κ2) is 7.95. The molecule has 6 nitrogen and oxygen atoms in total. The van der Waals surface area contributed by atoms with Crippen LogP contribution in [0.2, 0.25) is 0 Å². The van der Waals surface area contributed by atoms with Gasteiger partial charge in [-0.25, -0.2) is 18.9 Å². The van der Waals surface area contributed by atoms with E-state index in [0.717, 1.165) is 29.3 Å². The third-order valence-electron chi connectivity index (χ3n) is 5.64. The standard InChI is InChI=1S/C23H23ClN6/c1-17-8-5-6-14-28(17)21-11-7-12-22(26-21)30(24)20-16-19(18-9-3-2-4-10-18)27-29-15-13-25-23(20)29/h2-4,7,9-13,15-17H,5-6,8,14H2,1H3. The highest BCUT2D eigenvalue weighted by Crippen LogP contribution is 2.34. The highest BCUT2D eigenvalue weighted by Gasteiger charge is 2.21. The summed E-state index contributed by atoms with van der Waals surface area (Å²) in [5, 5.41) is 4.68. The van der Waals surface area contributed by atoms with E-state index < -0.39 is 0 Å².